The Balaban J connectivity index is 1.10. The van der Waals surface area contributed by atoms with Crippen molar-refractivity contribution in [2.24, 2.45) is 5.73 Å². The maximum absolute atomic E-state index is 12.7. The molecule has 0 heterocycles. The molecule has 0 aromatic heterocycles. The zero-order chi connectivity index (χ0) is 23.8. The summed E-state index contributed by atoms with van der Waals surface area (Å²) in [6, 6.07) is 37.5. The van der Waals surface area contributed by atoms with Crippen LogP contribution in [0.3, 0.4) is 0 Å². The molecule has 3 heteroatoms. The molecule has 2 atom stereocenters. The van der Waals surface area contributed by atoms with Crippen molar-refractivity contribution in [3.8, 4) is 0 Å². The minimum Gasteiger partial charge on any atom is -0.326 e. The van der Waals surface area contributed by atoms with E-state index in [1.54, 1.807) is 0 Å². The van der Waals surface area contributed by atoms with Crippen LogP contribution in [0.2, 0.25) is 0 Å². The molecule has 0 unspecified atom stereocenters. The molecule has 3 N–H and O–H groups in total. The second-order valence-corrected chi connectivity index (χ2v) is 9.83. The number of nitrogens with two attached hydrogens (primary N) is 1. The van der Waals surface area contributed by atoms with E-state index in [1.165, 1.54) is 21.9 Å². The summed E-state index contributed by atoms with van der Waals surface area (Å²) in [6.07, 6.45) is 2.20. The predicted octanol–water partition coefficient (Wildman–Crippen LogP) is 6.60. The quantitative estimate of drug-likeness (QED) is 0.302. The molecule has 0 bridgehead atoms. The maximum atomic E-state index is 12.7. The molecule has 1 aliphatic carbocycles. The second-order valence-electron chi connectivity index (χ2n) is 9.83. The Labute approximate surface area is 205 Å². The third-order valence-electron chi connectivity index (χ3n) is 7.29. The van der Waals surface area contributed by atoms with E-state index >= 15 is 0 Å². The second kappa shape index (κ2) is 8.68. The van der Waals surface area contributed by atoms with Crippen molar-refractivity contribution >= 4 is 33.1 Å². The van der Waals surface area contributed by atoms with Crippen LogP contribution in [0.15, 0.2) is 109 Å². The fraction of sp³-hybridized carbons (Fsp3) is 0.156. The monoisotopic (exact) mass is 456 g/mol. The number of benzene rings is 5. The lowest BCUT2D eigenvalue weighted by molar-refractivity contribution is -0.115. The van der Waals surface area contributed by atoms with Crippen molar-refractivity contribution in [3.05, 3.63) is 126 Å². The summed E-state index contributed by atoms with van der Waals surface area (Å²) in [7, 11) is 0. The van der Waals surface area contributed by atoms with E-state index in [2.05, 4.69) is 78.1 Å². The van der Waals surface area contributed by atoms with Gasteiger partial charge in [0.05, 0.1) is 6.42 Å². The third-order valence-corrected chi connectivity index (χ3v) is 7.29. The van der Waals surface area contributed by atoms with Crippen LogP contribution < -0.4 is 11.1 Å². The first-order valence-corrected chi connectivity index (χ1v) is 12.2. The summed E-state index contributed by atoms with van der Waals surface area (Å²) in [5.74, 6) is 0.333. The highest BCUT2D eigenvalue weighted by molar-refractivity contribution is 5.96. The number of amides is 1. The molecule has 1 amide bonds. The van der Waals surface area contributed by atoms with Gasteiger partial charge >= 0.3 is 0 Å². The number of carbonyl (C=O) groups is 1. The fourth-order valence-electron chi connectivity index (χ4n) is 5.32. The van der Waals surface area contributed by atoms with Gasteiger partial charge in [-0.3, -0.25) is 4.79 Å². The Hall–Kier alpha value is -3.95. The summed E-state index contributed by atoms with van der Waals surface area (Å²) in [5, 5.41) is 7.84. The van der Waals surface area contributed by atoms with Gasteiger partial charge < -0.3 is 11.1 Å². The van der Waals surface area contributed by atoms with Crippen LogP contribution in [-0.2, 0) is 17.6 Å². The minimum atomic E-state index is -0.207. The van der Waals surface area contributed by atoms with Gasteiger partial charge in [-0.05, 0) is 63.2 Å². The van der Waals surface area contributed by atoms with Crippen molar-refractivity contribution in [2.75, 3.05) is 5.32 Å². The van der Waals surface area contributed by atoms with Crippen LogP contribution in [-0.4, -0.2) is 11.4 Å². The molecule has 0 aliphatic heterocycles. The van der Waals surface area contributed by atoms with Crippen LogP contribution in [0.4, 0.5) is 5.69 Å². The highest BCUT2D eigenvalue weighted by Gasteiger charge is 2.51. The van der Waals surface area contributed by atoms with Crippen molar-refractivity contribution in [3.63, 3.8) is 0 Å². The van der Waals surface area contributed by atoms with E-state index in [0.29, 0.717) is 12.3 Å². The van der Waals surface area contributed by atoms with Gasteiger partial charge in [0.2, 0.25) is 5.91 Å². The Morgan fingerprint density at radius 1 is 0.800 bits per heavy atom. The normalized spacial score (nSPS) is 19.1. The number of hydrogen-bond acceptors (Lipinski definition) is 2. The van der Waals surface area contributed by atoms with Gasteiger partial charge in [-0.2, -0.15) is 0 Å². The molecule has 172 valence electrons. The molecule has 5 aromatic rings. The smallest absolute Gasteiger partial charge is 0.228 e. The Bertz CT molecular complexity index is 1530. The van der Waals surface area contributed by atoms with E-state index in [9.17, 15) is 4.79 Å². The fourth-order valence-corrected chi connectivity index (χ4v) is 5.32. The molecule has 0 radical (unpaired) electrons. The van der Waals surface area contributed by atoms with Crippen molar-refractivity contribution in [2.45, 2.75) is 30.7 Å². The lowest BCUT2D eigenvalue weighted by atomic mass is 9.97. The average molecular weight is 457 g/mol. The summed E-state index contributed by atoms with van der Waals surface area (Å²) >= 11 is 0. The molecule has 0 saturated heterocycles. The molecular weight excluding hydrogens is 428 g/mol. The van der Waals surface area contributed by atoms with Gasteiger partial charge in [0.1, 0.15) is 0 Å². The molecule has 6 rings (SSSR count). The maximum Gasteiger partial charge on any atom is 0.228 e. The molecule has 35 heavy (non-hydrogen) atoms. The van der Waals surface area contributed by atoms with Gasteiger partial charge in [-0.25, -0.2) is 0 Å². The number of carbonyl (C=O) groups excluding carboxylic acids is 1. The van der Waals surface area contributed by atoms with Crippen LogP contribution in [0, 0.1) is 0 Å². The molecule has 1 saturated carbocycles. The van der Waals surface area contributed by atoms with Gasteiger partial charge in [-0.1, -0.05) is 97.1 Å². The summed E-state index contributed by atoms with van der Waals surface area (Å²) in [4.78, 5) is 12.7. The number of nitrogens with one attached hydrogen (secondary N) is 1. The Morgan fingerprint density at radius 3 is 2.34 bits per heavy atom. The number of rotatable bonds is 6. The topological polar surface area (TPSA) is 55.1 Å². The van der Waals surface area contributed by atoms with Crippen molar-refractivity contribution in [1.29, 1.82) is 0 Å². The van der Waals surface area contributed by atoms with Crippen molar-refractivity contribution in [1.82, 2.24) is 0 Å². The van der Waals surface area contributed by atoms with Crippen molar-refractivity contribution < 1.29 is 4.79 Å². The first-order chi connectivity index (χ1) is 17.1. The van der Waals surface area contributed by atoms with Crippen LogP contribution in [0.1, 0.15) is 29.0 Å². The average Bonchev–Trinajstić information content (AvgIpc) is 3.55. The van der Waals surface area contributed by atoms with E-state index in [0.717, 1.165) is 34.9 Å². The lowest BCUT2D eigenvalue weighted by Crippen LogP contribution is -2.27. The molecule has 0 spiro atoms. The zero-order valence-corrected chi connectivity index (χ0v) is 19.6. The van der Waals surface area contributed by atoms with Crippen LogP contribution in [0.5, 0.6) is 0 Å². The number of anilines is 1. The first-order valence-electron chi connectivity index (χ1n) is 12.2. The molecule has 5 aromatic carbocycles. The largest absolute Gasteiger partial charge is 0.326 e. The zero-order valence-electron chi connectivity index (χ0n) is 19.6. The van der Waals surface area contributed by atoms with E-state index < -0.39 is 0 Å². The summed E-state index contributed by atoms with van der Waals surface area (Å²) < 4.78 is 0. The van der Waals surface area contributed by atoms with Gasteiger partial charge in [0.15, 0.2) is 0 Å². The minimum absolute atomic E-state index is 0.00926. The van der Waals surface area contributed by atoms with E-state index in [1.807, 2.05) is 36.4 Å². The van der Waals surface area contributed by atoms with Gasteiger partial charge in [-0.15, -0.1) is 0 Å². The standard InChI is InChI=1S/C32H28N2O/c33-32(20-22-12-13-23-6-1-2-8-26(23)18-22)21-30(32)25-14-16-28(17-15-25)34-31(35)19-27-10-5-9-24-7-3-4-11-29(24)27/h1-18,30H,19-21,33H2,(H,34,35)/t30-,32+/m0/s1. The van der Waals surface area contributed by atoms with Crippen LogP contribution in [0.25, 0.3) is 21.5 Å². The van der Waals surface area contributed by atoms with Crippen LogP contribution >= 0.6 is 0 Å². The third kappa shape index (κ3) is 4.43. The van der Waals surface area contributed by atoms with Gasteiger partial charge in [0, 0.05) is 17.1 Å². The molecule has 1 fully saturated rings. The number of hydrogen-bond donors (Lipinski definition) is 2. The first kappa shape index (κ1) is 21.6. The summed E-state index contributed by atoms with van der Waals surface area (Å²) in [6.45, 7) is 0. The highest BCUT2D eigenvalue weighted by Crippen LogP contribution is 2.51. The highest BCUT2D eigenvalue weighted by atomic mass is 16.1. The lowest BCUT2D eigenvalue weighted by Gasteiger charge is -2.13. The molecule has 1 aliphatic rings. The van der Waals surface area contributed by atoms with Gasteiger partial charge in [0.25, 0.3) is 0 Å². The summed E-state index contributed by atoms with van der Waals surface area (Å²) in [5.41, 5.74) is 10.9. The SMILES string of the molecule is N[C@]1(Cc2ccc3ccccc3c2)C[C@H]1c1ccc(NC(=O)Cc2cccc3ccccc23)cc1. The number of fused-ring (bicyclic) bond motifs is 2. The Kier molecular flexibility index (Phi) is 5.35. The molecule has 3 nitrogen and oxygen atoms in total. The van der Waals surface area contributed by atoms with E-state index in [-0.39, 0.29) is 11.4 Å². The molecular formula is C32H28N2O. The Morgan fingerprint density at radius 2 is 1.51 bits per heavy atom. The van der Waals surface area contributed by atoms with E-state index in [4.69, 9.17) is 5.73 Å². The predicted molar refractivity (Wildman–Crippen MR) is 145 cm³/mol.